The van der Waals surface area contributed by atoms with Gasteiger partial charge in [-0.2, -0.15) is 5.10 Å². The van der Waals surface area contributed by atoms with Crippen LogP contribution >= 0.6 is 11.6 Å². The molecule has 20 heavy (non-hydrogen) atoms. The van der Waals surface area contributed by atoms with Crippen LogP contribution in [0.4, 0.5) is 0 Å². The summed E-state index contributed by atoms with van der Waals surface area (Å²) in [4.78, 5) is 15.3. The molecular weight excluding hydrogens is 278 g/mol. The molecule has 0 atom stereocenters. The molecule has 5 nitrogen and oxygen atoms in total. The minimum absolute atomic E-state index is 0.173. The Hall–Kier alpha value is -2.40. The zero-order valence-electron chi connectivity index (χ0n) is 10.3. The first-order valence-corrected chi connectivity index (χ1v) is 6.33. The van der Waals surface area contributed by atoms with Crippen molar-refractivity contribution in [3.8, 4) is 0 Å². The summed E-state index contributed by atoms with van der Waals surface area (Å²) < 4.78 is 1.47. The molecule has 3 aromatic rings. The molecule has 0 amide bonds. The zero-order chi connectivity index (χ0) is 14.1. The maximum absolute atomic E-state index is 10.9. The lowest BCUT2D eigenvalue weighted by atomic mass is 10.1. The number of pyridine rings is 1. The number of fused-ring (bicyclic) bond motifs is 1. The third kappa shape index (κ3) is 2.35. The summed E-state index contributed by atoms with van der Waals surface area (Å²) in [5.74, 6) is -0.393. The number of carboxylic acid groups (broad SMARTS) is 1. The molecule has 0 aliphatic heterocycles. The van der Waals surface area contributed by atoms with E-state index in [9.17, 15) is 4.79 Å². The molecule has 0 saturated heterocycles. The fourth-order valence-electron chi connectivity index (χ4n) is 1.94. The van der Waals surface area contributed by atoms with Crippen molar-refractivity contribution in [3.05, 3.63) is 64.6 Å². The van der Waals surface area contributed by atoms with Crippen molar-refractivity contribution in [3.63, 3.8) is 0 Å². The van der Waals surface area contributed by atoms with Gasteiger partial charge in [-0.3, -0.25) is 0 Å². The molecule has 0 bridgehead atoms. The van der Waals surface area contributed by atoms with Gasteiger partial charge in [0.1, 0.15) is 0 Å². The Kier molecular flexibility index (Phi) is 3.12. The van der Waals surface area contributed by atoms with E-state index in [1.54, 1.807) is 6.07 Å². The minimum Gasteiger partial charge on any atom is -0.478 e. The van der Waals surface area contributed by atoms with Crippen LogP contribution in [0.25, 0.3) is 5.65 Å². The predicted octanol–water partition coefficient (Wildman–Crippen LogP) is 2.67. The summed E-state index contributed by atoms with van der Waals surface area (Å²) in [6, 6.07) is 10.6. The largest absolute Gasteiger partial charge is 0.478 e. The molecule has 100 valence electrons. The van der Waals surface area contributed by atoms with E-state index < -0.39 is 5.97 Å². The molecule has 0 unspecified atom stereocenters. The quantitative estimate of drug-likeness (QED) is 0.804. The van der Waals surface area contributed by atoms with Gasteiger partial charge >= 0.3 is 5.97 Å². The molecule has 3 rings (SSSR count). The maximum Gasteiger partial charge on any atom is 0.337 e. The van der Waals surface area contributed by atoms with E-state index in [0.717, 1.165) is 5.56 Å². The van der Waals surface area contributed by atoms with E-state index in [1.165, 1.54) is 16.8 Å². The van der Waals surface area contributed by atoms with E-state index >= 15 is 0 Å². The maximum atomic E-state index is 10.9. The van der Waals surface area contributed by atoms with Gasteiger partial charge in [-0.1, -0.05) is 29.8 Å². The van der Waals surface area contributed by atoms with Crippen LogP contribution in [0.2, 0.25) is 5.02 Å². The van der Waals surface area contributed by atoms with Crippen LogP contribution in [0.15, 0.2) is 42.6 Å². The van der Waals surface area contributed by atoms with Crippen molar-refractivity contribution in [2.24, 2.45) is 0 Å². The van der Waals surface area contributed by atoms with Gasteiger partial charge < -0.3 is 5.11 Å². The SMILES string of the molecule is O=C(O)c1ccc2nc(Cc3ccccc3Cl)nn2c1. The van der Waals surface area contributed by atoms with Gasteiger partial charge in [0.15, 0.2) is 11.5 Å². The van der Waals surface area contributed by atoms with Crippen molar-refractivity contribution in [2.75, 3.05) is 0 Å². The van der Waals surface area contributed by atoms with Crippen molar-refractivity contribution in [2.45, 2.75) is 6.42 Å². The number of carboxylic acids is 1. The Bertz CT molecular complexity index is 798. The third-order valence-electron chi connectivity index (χ3n) is 2.93. The minimum atomic E-state index is -0.991. The molecule has 0 spiro atoms. The van der Waals surface area contributed by atoms with Crippen LogP contribution in [-0.4, -0.2) is 25.7 Å². The summed E-state index contributed by atoms with van der Waals surface area (Å²) >= 11 is 6.10. The van der Waals surface area contributed by atoms with E-state index in [-0.39, 0.29) is 5.56 Å². The van der Waals surface area contributed by atoms with E-state index in [0.29, 0.717) is 22.9 Å². The number of nitrogens with zero attached hydrogens (tertiary/aromatic N) is 3. The van der Waals surface area contributed by atoms with E-state index in [4.69, 9.17) is 16.7 Å². The Balaban J connectivity index is 1.97. The number of halogens is 1. The van der Waals surface area contributed by atoms with Crippen LogP contribution in [0.3, 0.4) is 0 Å². The summed E-state index contributed by atoms with van der Waals surface area (Å²) in [6.45, 7) is 0. The second-order valence-electron chi connectivity index (χ2n) is 4.32. The molecule has 2 heterocycles. The zero-order valence-corrected chi connectivity index (χ0v) is 11.1. The van der Waals surface area contributed by atoms with Gasteiger partial charge in [-0.15, -0.1) is 0 Å². The average Bonchev–Trinajstić information content (AvgIpc) is 2.82. The van der Waals surface area contributed by atoms with Crippen molar-refractivity contribution in [1.29, 1.82) is 0 Å². The number of benzene rings is 1. The number of aromatic nitrogens is 3. The van der Waals surface area contributed by atoms with Crippen LogP contribution < -0.4 is 0 Å². The molecule has 0 saturated carbocycles. The predicted molar refractivity (Wildman–Crippen MR) is 74.2 cm³/mol. The topological polar surface area (TPSA) is 67.5 Å². The van der Waals surface area contributed by atoms with E-state index in [2.05, 4.69) is 10.1 Å². The highest BCUT2D eigenvalue weighted by molar-refractivity contribution is 6.31. The Morgan fingerprint density at radius 2 is 2.05 bits per heavy atom. The van der Waals surface area contributed by atoms with Gasteiger partial charge in [0.05, 0.1) is 5.56 Å². The number of rotatable bonds is 3. The number of hydrogen-bond donors (Lipinski definition) is 1. The smallest absolute Gasteiger partial charge is 0.337 e. The van der Waals surface area contributed by atoms with Crippen LogP contribution in [0.5, 0.6) is 0 Å². The van der Waals surface area contributed by atoms with Crippen LogP contribution in [0, 0.1) is 0 Å². The molecule has 0 aliphatic rings. The van der Waals surface area contributed by atoms with Gasteiger partial charge in [-0.25, -0.2) is 14.3 Å². The second kappa shape index (κ2) is 4.94. The first-order chi connectivity index (χ1) is 9.63. The molecule has 6 heteroatoms. The molecule has 0 radical (unpaired) electrons. The van der Waals surface area contributed by atoms with Crippen molar-refractivity contribution < 1.29 is 9.90 Å². The summed E-state index contributed by atoms with van der Waals surface area (Å²) in [5.41, 5.74) is 1.72. The summed E-state index contributed by atoms with van der Waals surface area (Å²) in [6.07, 6.45) is 1.95. The van der Waals surface area contributed by atoms with Gasteiger partial charge in [-0.05, 0) is 23.8 Å². The summed E-state index contributed by atoms with van der Waals surface area (Å²) in [7, 11) is 0. The molecule has 2 aromatic heterocycles. The Morgan fingerprint density at radius 3 is 2.80 bits per heavy atom. The summed E-state index contributed by atoms with van der Waals surface area (Å²) in [5, 5.41) is 13.9. The molecule has 0 aliphatic carbocycles. The fourth-order valence-corrected chi connectivity index (χ4v) is 2.15. The van der Waals surface area contributed by atoms with Crippen molar-refractivity contribution >= 4 is 23.2 Å². The average molecular weight is 288 g/mol. The lowest BCUT2D eigenvalue weighted by Crippen LogP contribution is -1.99. The lowest BCUT2D eigenvalue weighted by molar-refractivity contribution is 0.0696. The molecule has 1 N–H and O–H groups in total. The van der Waals surface area contributed by atoms with E-state index in [1.807, 2.05) is 24.3 Å². The molecule has 0 fully saturated rings. The highest BCUT2D eigenvalue weighted by Gasteiger charge is 2.09. The van der Waals surface area contributed by atoms with Gasteiger partial charge in [0, 0.05) is 17.6 Å². The van der Waals surface area contributed by atoms with Crippen LogP contribution in [-0.2, 0) is 6.42 Å². The number of aromatic carboxylic acids is 1. The standard InChI is InChI=1S/C14H10ClN3O2/c15-11-4-2-1-3-9(11)7-12-16-13-6-5-10(14(19)20)8-18(13)17-12/h1-6,8H,7H2,(H,19,20). The fraction of sp³-hybridized carbons (Fsp3) is 0.0714. The third-order valence-corrected chi connectivity index (χ3v) is 3.30. The van der Waals surface area contributed by atoms with Crippen molar-refractivity contribution in [1.82, 2.24) is 14.6 Å². The first-order valence-electron chi connectivity index (χ1n) is 5.95. The molecular formula is C14H10ClN3O2. The van der Waals surface area contributed by atoms with Gasteiger partial charge in [0.2, 0.25) is 0 Å². The normalized spacial score (nSPS) is 10.8. The first kappa shape index (κ1) is 12.6. The highest BCUT2D eigenvalue weighted by atomic mass is 35.5. The Labute approximate surface area is 119 Å². The Morgan fingerprint density at radius 1 is 1.25 bits per heavy atom. The second-order valence-corrected chi connectivity index (χ2v) is 4.73. The van der Waals surface area contributed by atoms with Gasteiger partial charge in [0.25, 0.3) is 0 Å². The molecule has 1 aromatic carbocycles. The monoisotopic (exact) mass is 287 g/mol. The lowest BCUT2D eigenvalue weighted by Gasteiger charge is -1.99. The highest BCUT2D eigenvalue weighted by Crippen LogP contribution is 2.18. The number of carbonyl (C=O) groups is 1. The number of hydrogen-bond acceptors (Lipinski definition) is 3. The van der Waals surface area contributed by atoms with Crippen LogP contribution in [0.1, 0.15) is 21.7 Å².